The molecular formula is C24H27F2N3O5. The summed E-state index contributed by atoms with van der Waals surface area (Å²) in [5.41, 5.74) is 0.259. The Balaban J connectivity index is 1.58. The van der Waals surface area contributed by atoms with E-state index in [0.717, 1.165) is 0 Å². The second-order valence-corrected chi connectivity index (χ2v) is 8.69. The number of methoxy groups -OCH3 is 1. The number of aromatic nitrogens is 1. The largest absolute Gasteiger partial charge is 0.492 e. The summed E-state index contributed by atoms with van der Waals surface area (Å²) in [4.78, 5) is 40.9. The topological polar surface area (TPSA) is 81.1 Å². The molecule has 4 rings (SSSR count). The molecular weight excluding hydrogens is 448 g/mol. The molecule has 0 radical (unpaired) electrons. The number of ether oxygens (including phenoxy) is 2. The van der Waals surface area contributed by atoms with Gasteiger partial charge in [0, 0.05) is 75.9 Å². The van der Waals surface area contributed by atoms with Gasteiger partial charge in [-0.3, -0.25) is 14.5 Å². The fourth-order valence-corrected chi connectivity index (χ4v) is 4.57. The normalized spacial score (nSPS) is 18.5. The molecule has 1 saturated heterocycles. The molecule has 1 amide bonds. The average molecular weight is 475 g/mol. The van der Waals surface area contributed by atoms with Gasteiger partial charge in [0.15, 0.2) is 0 Å². The standard InChI is InChI=1S/C24H27F2N3O5/c1-27-12-15(10-21(27)30)14-34-20-11-22(31)29-9-8-28(7-6-19(29)23(20)24(32)33-2)13-16-17(25)4-3-5-18(16)26/h3-5,11,15H,6-10,12-14H2,1-2H3. The van der Waals surface area contributed by atoms with Gasteiger partial charge in [0.25, 0.3) is 5.56 Å². The van der Waals surface area contributed by atoms with Crippen LogP contribution < -0.4 is 10.3 Å². The molecule has 2 aliphatic heterocycles. The zero-order valence-corrected chi connectivity index (χ0v) is 19.2. The predicted molar refractivity (Wildman–Crippen MR) is 119 cm³/mol. The fourth-order valence-electron chi connectivity index (χ4n) is 4.57. The van der Waals surface area contributed by atoms with Crippen LogP contribution in [-0.2, 0) is 29.0 Å². The van der Waals surface area contributed by atoms with Crippen LogP contribution in [0.5, 0.6) is 5.75 Å². The monoisotopic (exact) mass is 475 g/mol. The van der Waals surface area contributed by atoms with Crippen LogP contribution >= 0.6 is 0 Å². The molecule has 3 heterocycles. The Morgan fingerprint density at radius 1 is 1.15 bits per heavy atom. The third-order valence-electron chi connectivity index (χ3n) is 6.41. The number of fused-ring (bicyclic) bond motifs is 1. The highest BCUT2D eigenvalue weighted by atomic mass is 19.1. The van der Waals surface area contributed by atoms with Gasteiger partial charge in [0.05, 0.1) is 13.7 Å². The summed E-state index contributed by atoms with van der Waals surface area (Å²) in [5.74, 6) is -1.78. The summed E-state index contributed by atoms with van der Waals surface area (Å²) in [5, 5.41) is 0. The van der Waals surface area contributed by atoms with Crippen molar-refractivity contribution in [3.8, 4) is 5.75 Å². The Labute approximate surface area is 195 Å². The fraction of sp³-hybridized carbons (Fsp3) is 0.458. The lowest BCUT2D eigenvalue weighted by Gasteiger charge is -2.20. The van der Waals surface area contributed by atoms with E-state index in [1.54, 1.807) is 11.9 Å². The molecule has 8 nitrogen and oxygen atoms in total. The maximum atomic E-state index is 14.1. The summed E-state index contributed by atoms with van der Waals surface area (Å²) in [7, 11) is 2.97. The van der Waals surface area contributed by atoms with Crippen molar-refractivity contribution < 1.29 is 27.8 Å². The lowest BCUT2D eigenvalue weighted by molar-refractivity contribution is -0.126. The number of hydrogen-bond donors (Lipinski definition) is 0. The highest BCUT2D eigenvalue weighted by molar-refractivity contribution is 5.93. The Bertz CT molecular complexity index is 1150. The lowest BCUT2D eigenvalue weighted by atomic mass is 10.1. The van der Waals surface area contributed by atoms with Gasteiger partial charge in [-0.1, -0.05) is 6.07 Å². The van der Waals surface area contributed by atoms with Gasteiger partial charge in [-0.05, 0) is 12.1 Å². The van der Waals surface area contributed by atoms with Crippen LogP contribution in [0.25, 0.3) is 0 Å². The summed E-state index contributed by atoms with van der Waals surface area (Å²) in [6.45, 7) is 1.76. The van der Waals surface area contributed by atoms with Crippen molar-refractivity contribution in [1.82, 2.24) is 14.4 Å². The van der Waals surface area contributed by atoms with E-state index >= 15 is 0 Å². The maximum absolute atomic E-state index is 14.1. The molecule has 34 heavy (non-hydrogen) atoms. The number of amides is 1. The van der Waals surface area contributed by atoms with E-state index in [1.165, 1.54) is 35.9 Å². The molecule has 1 atom stereocenters. The number of carbonyl (C=O) groups excluding carboxylic acids is 2. The van der Waals surface area contributed by atoms with Crippen molar-refractivity contribution in [3.63, 3.8) is 0 Å². The number of halogens is 2. The smallest absolute Gasteiger partial charge is 0.343 e. The summed E-state index contributed by atoms with van der Waals surface area (Å²) in [6, 6.07) is 5.01. The van der Waals surface area contributed by atoms with E-state index in [0.29, 0.717) is 31.7 Å². The van der Waals surface area contributed by atoms with Crippen molar-refractivity contribution in [2.45, 2.75) is 25.9 Å². The first-order valence-electron chi connectivity index (χ1n) is 11.2. The van der Waals surface area contributed by atoms with E-state index < -0.39 is 17.6 Å². The predicted octanol–water partition coefficient (Wildman–Crippen LogP) is 1.83. The molecule has 1 unspecified atom stereocenters. The van der Waals surface area contributed by atoms with Crippen molar-refractivity contribution in [1.29, 1.82) is 0 Å². The first kappa shape index (κ1) is 23.9. The minimum atomic E-state index is -0.632. The van der Waals surface area contributed by atoms with Gasteiger partial charge in [0.2, 0.25) is 5.91 Å². The van der Waals surface area contributed by atoms with Crippen LogP contribution in [0.4, 0.5) is 8.78 Å². The molecule has 182 valence electrons. The molecule has 0 saturated carbocycles. The zero-order chi connectivity index (χ0) is 24.4. The first-order valence-corrected chi connectivity index (χ1v) is 11.2. The molecule has 0 N–H and O–H groups in total. The van der Waals surface area contributed by atoms with Crippen LogP contribution in [0.2, 0.25) is 0 Å². The zero-order valence-electron chi connectivity index (χ0n) is 19.2. The molecule has 2 aromatic rings. The number of carbonyl (C=O) groups is 2. The molecule has 10 heteroatoms. The number of likely N-dealkylation sites (tertiary alicyclic amines) is 1. The minimum Gasteiger partial charge on any atom is -0.492 e. The Morgan fingerprint density at radius 2 is 1.88 bits per heavy atom. The van der Waals surface area contributed by atoms with Crippen LogP contribution in [0.3, 0.4) is 0 Å². The number of pyridine rings is 1. The quantitative estimate of drug-likeness (QED) is 0.593. The highest BCUT2D eigenvalue weighted by Gasteiger charge is 2.30. The molecule has 1 aromatic heterocycles. The third-order valence-corrected chi connectivity index (χ3v) is 6.41. The van der Waals surface area contributed by atoms with Crippen molar-refractivity contribution >= 4 is 11.9 Å². The van der Waals surface area contributed by atoms with Gasteiger partial charge in [-0.15, -0.1) is 0 Å². The Hall–Kier alpha value is -3.27. The minimum absolute atomic E-state index is 0.0233. The van der Waals surface area contributed by atoms with Crippen LogP contribution in [-0.4, -0.2) is 66.6 Å². The van der Waals surface area contributed by atoms with Crippen molar-refractivity contribution in [3.05, 3.63) is 63.1 Å². The number of nitrogens with zero attached hydrogens (tertiary/aromatic N) is 3. The number of benzene rings is 1. The van der Waals surface area contributed by atoms with Crippen molar-refractivity contribution in [2.24, 2.45) is 5.92 Å². The van der Waals surface area contributed by atoms with Gasteiger partial charge in [-0.2, -0.15) is 0 Å². The maximum Gasteiger partial charge on any atom is 0.343 e. The number of esters is 1. The molecule has 0 bridgehead atoms. The van der Waals surface area contributed by atoms with Gasteiger partial charge in [-0.25, -0.2) is 13.6 Å². The number of hydrogen-bond acceptors (Lipinski definition) is 6. The van der Waals surface area contributed by atoms with E-state index in [-0.39, 0.29) is 60.4 Å². The number of rotatable bonds is 6. The highest BCUT2D eigenvalue weighted by Crippen LogP contribution is 2.26. The van der Waals surface area contributed by atoms with Crippen molar-refractivity contribution in [2.75, 3.05) is 40.4 Å². The van der Waals surface area contributed by atoms with Crippen LogP contribution in [0.15, 0.2) is 29.1 Å². The van der Waals surface area contributed by atoms with E-state index in [9.17, 15) is 23.2 Å². The molecule has 1 aromatic carbocycles. The second kappa shape index (κ2) is 9.92. The third kappa shape index (κ3) is 4.82. The molecule has 0 aliphatic carbocycles. The summed E-state index contributed by atoms with van der Waals surface area (Å²) in [6.07, 6.45) is 0.632. The van der Waals surface area contributed by atoms with E-state index in [1.807, 2.05) is 4.90 Å². The van der Waals surface area contributed by atoms with Gasteiger partial charge < -0.3 is 18.9 Å². The van der Waals surface area contributed by atoms with E-state index in [4.69, 9.17) is 9.47 Å². The Morgan fingerprint density at radius 3 is 2.53 bits per heavy atom. The Kier molecular flexibility index (Phi) is 6.97. The molecule has 0 spiro atoms. The second-order valence-electron chi connectivity index (χ2n) is 8.69. The summed E-state index contributed by atoms with van der Waals surface area (Å²) < 4.78 is 40.6. The summed E-state index contributed by atoms with van der Waals surface area (Å²) >= 11 is 0. The van der Waals surface area contributed by atoms with Crippen LogP contribution in [0.1, 0.15) is 28.0 Å². The lowest BCUT2D eigenvalue weighted by Crippen LogP contribution is -2.29. The SMILES string of the molecule is COC(=O)c1c(OCC2CC(=O)N(C)C2)cc(=O)n2c1CCN(Cc1c(F)cccc1F)CC2. The molecule has 2 aliphatic rings. The average Bonchev–Trinajstić information content (AvgIpc) is 2.99. The first-order chi connectivity index (χ1) is 16.3. The van der Waals surface area contributed by atoms with Gasteiger partial charge >= 0.3 is 5.97 Å². The van der Waals surface area contributed by atoms with Crippen LogP contribution in [0, 0.1) is 17.6 Å². The molecule has 1 fully saturated rings. The van der Waals surface area contributed by atoms with Gasteiger partial charge in [0.1, 0.15) is 22.9 Å². The van der Waals surface area contributed by atoms with E-state index in [2.05, 4.69) is 0 Å².